The molecule has 0 aliphatic heterocycles. The van der Waals surface area contributed by atoms with E-state index < -0.39 is 0 Å². The molecule has 3 heteroatoms. The largest absolute Gasteiger partial charge is 0.325 e. The predicted molar refractivity (Wildman–Crippen MR) is 188 cm³/mol. The summed E-state index contributed by atoms with van der Waals surface area (Å²) in [4.78, 5) is 0. The second-order valence-electron chi connectivity index (χ2n) is 11.8. The van der Waals surface area contributed by atoms with Crippen LogP contribution in [0.25, 0.3) is 92.4 Å². The van der Waals surface area contributed by atoms with Crippen LogP contribution >= 0.6 is 0 Å². The average molecular weight is 562 g/mol. The van der Waals surface area contributed by atoms with Crippen LogP contribution < -0.4 is 5.73 Å². The molecule has 0 radical (unpaired) electrons. The minimum Gasteiger partial charge on any atom is -0.325 e. The average Bonchev–Trinajstić information content (AvgIpc) is 3.63. The summed E-state index contributed by atoms with van der Waals surface area (Å²) in [6.45, 7) is 0.374. The first-order valence-electron chi connectivity index (χ1n) is 15.2. The Balaban J connectivity index is 1.58. The maximum absolute atomic E-state index is 6.77. The number of hydrogen-bond acceptors (Lipinski definition) is 1. The van der Waals surface area contributed by atoms with Crippen molar-refractivity contribution >= 4 is 86.7 Å². The molecule has 10 aromatic rings. The molecule has 0 fully saturated rings. The monoisotopic (exact) mass is 561 g/mol. The maximum atomic E-state index is 6.77. The number of hydrogen-bond donors (Lipinski definition) is 1. The van der Waals surface area contributed by atoms with Crippen molar-refractivity contribution in [1.82, 2.24) is 9.13 Å². The Bertz CT molecular complexity index is 2800. The normalized spacial score (nSPS) is 12.3. The van der Waals surface area contributed by atoms with Crippen molar-refractivity contribution in [2.24, 2.45) is 5.73 Å². The highest BCUT2D eigenvalue weighted by molar-refractivity contribution is 6.38. The Hall–Kier alpha value is -5.64. The van der Waals surface area contributed by atoms with E-state index in [0.717, 1.165) is 5.69 Å². The van der Waals surface area contributed by atoms with Crippen LogP contribution in [0.5, 0.6) is 0 Å². The van der Waals surface area contributed by atoms with Crippen LogP contribution in [-0.2, 0) is 6.67 Å². The van der Waals surface area contributed by atoms with E-state index in [4.69, 9.17) is 5.73 Å². The zero-order valence-corrected chi connectivity index (χ0v) is 24.0. The van der Waals surface area contributed by atoms with E-state index in [0.29, 0.717) is 6.67 Å². The first kappa shape index (κ1) is 23.9. The van der Waals surface area contributed by atoms with Crippen molar-refractivity contribution in [2.75, 3.05) is 0 Å². The van der Waals surface area contributed by atoms with Crippen LogP contribution in [0.2, 0.25) is 0 Å². The smallest absolute Gasteiger partial charge is 0.0786 e. The number of benzene rings is 8. The predicted octanol–water partition coefficient (Wildman–Crippen LogP) is 10.4. The first-order valence-corrected chi connectivity index (χ1v) is 15.2. The van der Waals surface area contributed by atoms with Crippen molar-refractivity contribution < 1.29 is 0 Å². The van der Waals surface area contributed by atoms with E-state index in [9.17, 15) is 0 Å². The standard InChI is InChI=1S/C41H27N3/c42-24-43-38-32-20-10-6-16-28(32)26-14-4-8-18-30(26)36(38)34-22-23-35-37-31-19-9-5-15-27(31)29-17-7-11-21-33(29)39(37)44(41(35)40(34)43)25-12-2-1-3-13-25/h1-23H,24,42H2. The SMILES string of the molecule is NCn1c2c3ccccc3c3ccccc3c2c2ccc3c4c5ccccc5c5ccccc5c4n(-c4ccccc4)c3c21. The van der Waals surface area contributed by atoms with Crippen molar-refractivity contribution in [3.05, 3.63) is 140 Å². The summed E-state index contributed by atoms with van der Waals surface area (Å²) in [5.41, 5.74) is 12.7. The summed E-state index contributed by atoms with van der Waals surface area (Å²) in [5.74, 6) is 0. The minimum atomic E-state index is 0.374. The van der Waals surface area contributed by atoms with Crippen molar-refractivity contribution in [3.8, 4) is 5.69 Å². The fraction of sp³-hybridized carbons (Fsp3) is 0.0244. The molecule has 0 aliphatic rings. The molecule has 2 aromatic heterocycles. The van der Waals surface area contributed by atoms with E-state index in [1.54, 1.807) is 0 Å². The molecule has 3 nitrogen and oxygen atoms in total. The van der Waals surface area contributed by atoms with Gasteiger partial charge in [-0.25, -0.2) is 0 Å². The molecule has 206 valence electrons. The summed E-state index contributed by atoms with van der Waals surface area (Å²) < 4.78 is 4.86. The second-order valence-corrected chi connectivity index (χ2v) is 11.8. The maximum Gasteiger partial charge on any atom is 0.0786 e. The van der Waals surface area contributed by atoms with Gasteiger partial charge in [0, 0.05) is 38.0 Å². The molecule has 0 unspecified atom stereocenters. The molecule has 44 heavy (non-hydrogen) atoms. The molecule has 0 bridgehead atoms. The molecule has 0 aliphatic carbocycles. The highest BCUT2D eigenvalue weighted by Gasteiger charge is 2.25. The van der Waals surface area contributed by atoms with Crippen molar-refractivity contribution in [1.29, 1.82) is 0 Å². The second kappa shape index (κ2) is 8.70. The van der Waals surface area contributed by atoms with Gasteiger partial charge in [0.15, 0.2) is 0 Å². The molecule has 8 aromatic carbocycles. The Morgan fingerprint density at radius 1 is 0.341 bits per heavy atom. The highest BCUT2D eigenvalue weighted by atomic mass is 15.1. The highest BCUT2D eigenvalue weighted by Crippen LogP contribution is 2.47. The lowest BCUT2D eigenvalue weighted by Crippen LogP contribution is -2.07. The molecule has 2 N–H and O–H groups in total. The third kappa shape index (κ3) is 2.89. The Morgan fingerprint density at radius 2 is 0.750 bits per heavy atom. The molecule has 0 spiro atoms. The molecule has 0 amide bonds. The molecular formula is C41H27N3. The van der Waals surface area contributed by atoms with Gasteiger partial charge in [0.1, 0.15) is 0 Å². The fourth-order valence-corrected chi connectivity index (χ4v) is 8.03. The zero-order valence-electron chi connectivity index (χ0n) is 24.0. The van der Waals surface area contributed by atoms with E-state index >= 15 is 0 Å². The van der Waals surface area contributed by atoms with Crippen molar-refractivity contribution in [2.45, 2.75) is 6.67 Å². The number of fused-ring (bicyclic) bond motifs is 17. The summed E-state index contributed by atoms with van der Waals surface area (Å²) in [5, 5.41) is 15.1. The lowest BCUT2D eigenvalue weighted by Gasteiger charge is -2.13. The summed E-state index contributed by atoms with van der Waals surface area (Å²) in [6, 6.07) is 50.8. The van der Waals surface area contributed by atoms with Crippen LogP contribution in [0.4, 0.5) is 0 Å². The zero-order chi connectivity index (χ0) is 28.9. The van der Waals surface area contributed by atoms with Crippen LogP contribution in [0.15, 0.2) is 140 Å². The van der Waals surface area contributed by atoms with Gasteiger partial charge >= 0.3 is 0 Å². The van der Waals surface area contributed by atoms with Gasteiger partial charge in [0.05, 0.1) is 28.7 Å². The molecule has 10 rings (SSSR count). The van der Waals surface area contributed by atoms with Crippen molar-refractivity contribution in [3.63, 3.8) is 0 Å². The Labute approximate surface area is 252 Å². The van der Waals surface area contributed by atoms with Crippen LogP contribution in [0, 0.1) is 0 Å². The number of nitrogens with zero attached hydrogens (tertiary/aromatic N) is 2. The minimum absolute atomic E-state index is 0.374. The van der Waals surface area contributed by atoms with Gasteiger partial charge < -0.3 is 14.9 Å². The molecule has 0 atom stereocenters. The lowest BCUT2D eigenvalue weighted by atomic mass is 9.95. The number of rotatable bonds is 2. The van der Waals surface area contributed by atoms with Gasteiger partial charge in [0.2, 0.25) is 0 Å². The van der Waals surface area contributed by atoms with Gasteiger partial charge in [0.25, 0.3) is 0 Å². The topological polar surface area (TPSA) is 35.9 Å². The van der Waals surface area contributed by atoms with Gasteiger partial charge in [-0.15, -0.1) is 0 Å². The van der Waals surface area contributed by atoms with E-state index in [1.807, 2.05) is 0 Å². The van der Waals surface area contributed by atoms with Crippen LogP contribution in [-0.4, -0.2) is 9.13 Å². The van der Waals surface area contributed by atoms with Gasteiger partial charge in [-0.1, -0.05) is 127 Å². The number of para-hydroxylation sites is 1. The molecule has 2 heterocycles. The number of nitrogens with two attached hydrogens (primary N) is 1. The first-order chi connectivity index (χ1) is 21.8. The third-order valence-corrected chi connectivity index (χ3v) is 9.69. The summed E-state index contributed by atoms with van der Waals surface area (Å²) in [7, 11) is 0. The quantitative estimate of drug-likeness (QED) is 0.209. The van der Waals surface area contributed by atoms with Crippen LogP contribution in [0.1, 0.15) is 0 Å². The third-order valence-electron chi connectivity index (χ3n) is 9.69. The Morgan fingerprint density at radius 3 is 1.30 bits per heavy atom. The van der Waals surface area contributed by atoms with E-state index in [2.05, 4.69) is 149 Å². The summed E-state index contributed by atoms with van der Waals surface area (Å²) >= 11 is 0. The molecule has 0 saturated carbocycles. The number of aromatic nitrogens is 2. The summed E-state index contributed by atoms with van der Waals surface area (Å²) in [6.07, 6.45) is 0. The lowest BCUT2D eigenvalue weighted by molar-refractivity contribution is 0.794. The van der Waals surface area contributed by atoms with Gasteiger partial charge in [-0.05, 0) is 44.5 Å². The fourth-order valence-electron chi connectivity index (χ4n) is 8.03. The van der Waals surface area contributed by atoms with E-state index in [-0.39, 0.29) is 0 Å². The van der Waals surface area contributed by atoms with Gasteiger partial charge in [-0.2, -0.15) is 0 Å². The van der Waals surface area contributed by atoms with Crippen LogP contribution in [0.3, 0.4) is 0 Å². The van der Waals surface area contributed by atoms with Gasteiger partial charge in [-0.3, -0.25) is 0 Å². The Kier molecular flexibility index (Phi) is 4.72. The van der Waals surface area contributed by atoms with E-state index in [1.165, 1.54) is 86.7 Å². The molecule has 0 saturated heterocycles. The molecular weight excluding hydrogens is 534 g/mol.